The van der Waals surface area contributed by atoms with Crippen molar-refractivity contribution in [1.82, 2.24) is 0 Å². The Morgan fingerprint density at radius 1 is 0.553 bits per heavy atom. The molecule has 0 spiro atoms. The number of nitrogens with zero attached hydrogens (tertiary/aromatic N) is 1. The highest BCUT2D eigenvalue weighted by Crippen LogP contribution is 2.22. The van der Waals surface area contributed by atoms with Gasteiger partial charge in [0, 0.05) is 6.42 Å². The van der Waals surface area contributed by atoms with E-state index in [1.165, 1.54) is 89.9 Å². The van der Waals surface area contributed by atoms with Crippen molar-refractivity contribution in [3.8, 4) is 0 Å². The third-order valence-corrected chi connectivity index (χ3v) is 9.36. The molecule has 1 unspecified atom stereocenters. The van der Waals surface area contributed by atoms with Crippen molar-refractivity contribution in [2.24, 2.45) is 0 Å². The van der Waals surface area contributed by atoms with Crippen molar-refractivity contribution in [2.75, 3.05) is 27.7 Å². The van der Waals surface area contributed by atoms with E-state index in [9.17, 15) is 14.5 Å². The van der Waals surface area contributed by atoms with Crippen LogP contribution in [0.25, 0.3) is 0 Å². The predicted octanol–water partition coefficient (Wildman–Crippen LogP) is 11.3. The molecule has 1 atom stereocenters. The summed E-state index contributed by atoms with van der Waals surface area (Å²) in [7, 11) is 3.47. The van der Waals surface area contributed by atoms with Gasteiger partial charge in [-0.2, -0.15) is 0 Å². The second kappa shape index (κ2) is 32.7. The van der Waals surface area contributed by atoms with E-state index in [4.69, 9.17) is 4.74 Å². The molecule has 0 aliphatic carbocycles. The van der Waals surface area contributed by atoms with Gasteiger partial charge >= 0.3 is 17.0 Å². The van der Waals surface area contributed by atoms with Crippen LogP contribution in [0.2, 0.25) is 0 Å². The fraction of sp³-hybridized carbons (Fsp3) is 0.732. The van der Waals surface area contributed by atoms with Crippen molar-refractivity contribution < 1.29 is 23.7 Å². The number of unbranched alkanes of at least 4 members (excludes halogenated alkanes) is 16. The SMILES string of the molecule is CCCCCC=CCC=CCC=CCC=CCCCC(=O)/[P+]([O-])=C(/C[N+](C)(C)C)OC(=O)CCCCCCCCCCCCCCC. The van der Waals surface area contributed by atoms with Gasteiger partial charge in [-0.1, -0.05) is 152 Å². The normalized spacial score (nSPS) is 13.1. The zero-order valence-corrected chi connectivity index (χ0v) is 32.2. The first-order valence-electron chi connectivity index (χ1n) is 19.2. The molecular formula is C41H73NO4P+. The minimum absolute atomic E-state index is 0.134. The third-order valence-electron chi connectivity index (χ3n) is 8.00. The Morgan fingerprint density at radius 3 is 1.43 bits per heavy atom. The first-order valence-corrected chi connectivity index (χ1v) is 20.4. The van der Waals surface area contributed by atoms with Crippen molar-refractivity contribution in [2.45, 2.75) is 168 Å². The lowest BCUT2D eigenvalue weighted by atomic mass is 10.0. The van der Waals surface area contributed by atoms with Crippen LogP contribution in [0.3, 0.4) is 0 Å². The maximum absolute atomic E-state index is 13.1. The van der Waals surface area contributed by atoms with Crippen LogP contribution < -0.4 is 4.89 Å². The number of carbonyl (C=O) groups excluding carboxylic acids is 2. The van der Waals surface area contributed by atoms with Crippen LogP contribution in [0.5, 0.6) is 0 Å². The number of esters is 1. The molecule has 0 radical (unpaired) electrons. The fourth-order valence-corrected chi connectivity index (χ4v) is 6.56. The van der Waals surface area contributed by atoms with Crippen LogP contribution >= 0.6 is 7.77 Å². The Hall–Kier alpha value is -1.81. The number of hydrogen-bond donors (Lipinski definition) is 0. The van der Waals surface area contributed by atoms with Gasteiger partial charge in [0.2, 0.25) is 0 Å². The molecule has 6 heteroatoms. The zero-order chi connectivity index (χ0) is 34.9. The Balaban J connectivity index is 4.28. The first-order chi connectivity index (χ1) is 22.7. The number of ether oxygens (including phenoxy) is 1. The van der Waals surface area contributed by atoms with E-state index in [1.54, 1.807) is 0 Å². The molecule has 0 aliphatic heterocycles. The van der Waals surface area contributed by atoms with Gasteiger partial charge in [-0.25, -0.2) is 4.79 Å². The molecule has 0 aromatic carbocycles. The second-order valence-electron chi connectivity index (χ2n) is 14.0. The average Bonchev–Trinajstić information content (AvgIpc) is 3.03. The van der Waals surface area contributed by atoms with Gasteiger partial charge in [-0.05, 0) is 51.4 Å². The van der Waals surface area contributed by atoms with Crippen LogP contribution in [-0.4, -0.2) is 49.1 Å². The van der Waals surface area contributed by atoms with Crippen LogP contribution in [0.15, 0.2) is 48.6 Å². The van der Waals surface area contributed by atoms with Crippen LogP contribution in [-0.2, 0) is 14.3 Å². The summed E-state index contributed by atoms with van der Waals surface area (Å²) in [5.41, 5.74) is -0.192. The number of hydrogen-bond acceptors (Lipinski definition) is 4. The number of allylic oxidation sites excluding steroid dienone is 8. The van der Waals surface area contributed by atoms with Gasteiger partial charge in [0.05, 0.1) is 27.6 Å². The molecule has 270 valence electrons. The number of likely N-dealkylation sites (N-methyl/N-ethyl adjacent to an activating group) is 1. The van der Waals surface area contributed by atoms with E-state index >= 15 is 0 Å². The molecule has 5 nitrogen and oxygen atoms in total. The van der Waals surface area contributed by atoms with Gasteiger partial charge < -0.3 is 14.1 Å². The Labute approximate surface area is 292 Å². The molecule has 0 fully saturated rings. The summed E-state index contributed by atoms with van der Waals surface area (Å²) in [4.78, 5) is 38.4. The molecule has 0 aliphatic rings. The molecule has 0 rings (SSSR count). The molecule has 0 amide bonds. The highest BCUT2D eigenvalue weighted by molar-refractivity contribution is 7.68. The molecular weight excluding hydrogens is 601 g/mol. The van der Waals surface area contributed by atoms with Gasteiger partial charge in [0.15, 0.2) is 14.3 Å². The van der Waals surface area contributed by atoms with Crippen LogP contribution in [0.4, 0.5) is 0 Å². The van der Waals surface area contributed by atoms with Gasteiger partial charge in [0.25, 0.3) is 0 Å². The molecule has 0 bridgehead atoms. The second-order valence-corrected chi connectivity index (χ2v) is 15.6. The summed E-state index contributed by atoms with van der Waals surface area (Å²) in [6.07, 6.45) is 43.5. The van der Waals surface area contributed by atoms with Gasteiger partial charge in [-0.3, -0.25) is 4.79 Å². The zero-order valence-electron chi connectivity index (χ0n) is 31.3. The van der Waals surface area contributed by atoms with E-state index in [0.29, 0.717) is 17.3 Å². The predicted molar refractivity (Wildman–Crippen MR) is 205 cm³/mol. The monoisotopic (exact) mass is 675 g/mol. The van der Waals surface area contributed by atoms with Crippen molar-refractivity contribution in [3.63, 3.8) is 0 Å². The summed E-state index contributed by atoms with van der Waals surface area (Å²) < 4.78 is 6.02. The standard InChI is InChI=1S/C41H73NO4P/c1-6-8-10-12-14-16-18-20-21-22-23-25-27-29-31-33-35-37-40(44)47(45)41(38-42(3,4)5)46-39(43)36-34-32-30-28-26-24-19-17-15-13-11-9-7-2/h14,16,20-21,23,25,29,31H,6-13,15,17-19,22,24,26-28,30,32-38H2,1-5H3/q+1. The Bertz CT molecular complexity index is 926. The third kappa shape index (κ3) is 32.5. The van der Waals surface area contributed by atoms with Crippen molar-refractivity contribution in [1.29, 1.82) is 0 Å². The van der Waals surface area contributed by atoms with Crippen LogP contribution in [0, 0.1) is 0 Å². The molecule has 47 heavy (non-hydrogen) atoms. The minimum atomic E-state index is -2.36. The maximum atomic E-state index is 13.1. The number of carbonyl (C=O) groups is 2. The highest BCUT2D eigenvalue weighted by Gasteiger charge is 2.28. The van der Waals surface area contributed by atoms with Crippen molar-refractivity contribution >= 4 is 24.7 Å². The fourth-order valence-electron chi connectivity index (χ4n) is 5.19. The molecule has 0 N–H and O–H groups in total. The lowest BCUT2D eigenvalue weighted by molar-refractivity contribution is -0.861. The van der Waals surface area contributed by atoms with Crippen molar-refractivity contribution in [3.05, 3.63) is 48.6 Å². The van der Waals surface area contributed by atoms with E-state index < -0.39 is 7.77 Å². The van der Waals surface area contributed by atoms with E-state index in [1.807, 2.05) is 21.1 Å². The van der Waals surface area contributed by atoms with Gasteiger partial charge in [-0.15, -0.1) is 0 Å². The largest absolute Gasteiger partial charge is 0.621 e. The molecule has 0 saturated heterocycles. The van der Waals surface area contributed by atoms with Gasteiger partial charge in [0.1, 0.15) is 0 Å². The molecule has 0 aromatic heterocycles. The smallest absolute Gasteiger partial charge is 0.336 e. The van der Waals surface area contributed by atoms with E-state index in [2.05, 4.69) is 62.5 Å². The van der Waals surface area contributed by atoms with E-state index in [0.717, 1.165) is 44.9 Å². The summed E-state index contributed by atoms with van der Waals surface area (Å²) in [6.45, 7) is 4.77. The Morgan fingerprint density at radius 2 is 0.957 bits per heavy atom. The van der Waals surface area contributed by atoms with E-state index in [-0.39, 0.29) is 29.9 Å². The lowest BCUT2D eigenvalue weighted by Crippen LogP contribution is -2.41. The summed E-state index contributed by atoms with van der Waals surface area (Å²) in [5.74, 6) is -0.367. The topological polar surface area (TPSA) is 66.4 Å². The maximum Gasteiger partial charge on any atom is 0.336 e. The minimum Gasteiger partial charge on any atom is -0.621 e. The molecule has 0 saturated carbocycles. The lowest BCUT2D eigenvalue weighted by Gasteiger charge is -2.23. The first kappa shape index (κ1) is 45.2. The summed E-state index contributed by atoms with van der Waals surface area (Å²) in [6, 6.07) is 0. The molecule has 0 heterocycles. The van der Waals surface area contributed by atoms with Crippen LogP contribution in [0.1, 0.15) is 168 Å². The summed E-state index contributed by atoms with van der Waals surface area (Å²) in [5, 5.41) is 0. The highest BCUT2D eigenvalue weighted by atomic mass is 31.1. The average molecular weight is 675 g/mol. The Kier molecular flexibility index (Phi) is 31.5. The number of rotatable bonds is 32. The quantitative estimate of drug-likeness (QED) is 0.0234. The number of quaternary nitrogens is 1. The summed E-state index contributed by atoms with van der Waals surface area (Å²) >= 11 is 0. The molecule has 0 aromatic rings.